The van der Waals surface area contributed by atoms with Gasteiger partial charge < -0.3 is 50.3 Å². The molecule has 4 rings (SSSR count). The third-order valence-electron chi connectivity index (χ3n) is 10.3. The van der Waals surface area contributed by atoms with Crippen molar-refractivity contribution in [2.75, 3.05) is 7.11 Å². The van der Waals surface area contributed by atoms with Gasteiger partial charge in [0.15, 0.2) is 24.2 Å². The molecule has 0 unspecified atom stereocenters. The topological polar surface area (TPSA) is 260 Å². The fraction of sp³-hybridized carbons (Fsp3) is 0.737. The normalized spacial score (nSPS) is 28.3. The summed E-state index contributed by atoms with van der Waals surface area (Å²) in [6.07, 6.45) is 2.86. The molecule has 3 amide bonds. The molecule has 7 N–H and O–H groups in total. The van der Waals surface area contributed by atoms with Crippen molar-refractivity contribution in [3.63, 3.8) is 0 Å². The summed E-state index contributed by atoms with van der Waals surface area (Å²) in [7, 11) is 1.24. The average Bonchev–Trinajstić information content (AvgIpc) is 3.41. The number of esters is 1. The van der Waals surface area contributed by atoms with E-state index in [-0.39, 0.29) is 12.5 Å². The number of carbonyl (C=O) groups is 4. The van der Waals surface area contributed by atoms with Crippen LogP contribution in [0.1, 0.15) is 116 Å². The van der Waals surface area contributed by atoms with Crippen molar-refractivity contribution in [3.8, 4) is 0 Å². The molecule has 0 bridgehead atoms. The maximum absolute atomic E-state index is 13.2. The average molecular weight is 794 g/mol. The number of methoxy groups -OCH3 is 1. The highest BCUT2D eigenvalue weighted by molar-refractivity contribution is 5.95. The SMILES string of the molecule is CCCCCCCCCCCCCC(=O)O[C@@H]1[C@H](OC)[C@@H]([C@@H](O[C@@H]2OC(C(=O)N[C@H]3CCC[C@@H](C)NC3=O)=C[C@@H](O)[C@H]2O)C(N)=O)O[C@H]1n1ccc(=O)[nH]c1=O. The van der Waals surface area contributed by atoms with Crippen LogP contribution in [0, 0.1) is 0 Å². The Kier molecular flexibility index (Phi) is 17.5. The summed E-state index contributed by atoms with van der Waals surface area (Å²) in [5.41, 5.74) is 4.15. The summed E-state index contributed by atoms with van der Waals surface area (Å²) < 4.78 is 30.0. The van der Waals surface area contributed by atoms with Gasteiger partial charge in [0.1, 0.15) is 30.5 Å². The number of H-pyrrole nitrogens is 1. The second-order valence-electron chi connectivity index (χ2n) is 14.8. The largest absolute Gasteiger partial charge is 0.456 e. The van der Waals surface area contributed by atoms with E-state index in [2.05, 4.69) is 22.5 Å². The number of hydrogen-bond acceptors (Lipinski definition) is 13. The van der Waals surface area contributed by atoms with Crippen molar-refractivity contribution in [2.24, 2.45) is 5.73 Å². The van der Waals surface area contributed by atoms with Crippen LogP contribution in [0.2, 0.25) is 0 Å². The fourth-order valence-electron chi connectivity index (χ4n) is 7.18. The number of carbonyl (C=O) groups excluding carboxylic acids is 4. The number of rotatable bonds is 21. The zero-order valence-electron chi connectivity index (χ0n) is 32.5. The molecule has 18 nitrogen and oxygen atoms in total. The lowest BCUT2D eigenvalue weighted by molar-refractivity contribution is -0.241. The monoisotopic (exact) mass is 793 g/mol. The van der Waals surface area contributed by atoms with Gasteiger partial charge in [-0.05, 0) is 38.7 Å². The van der Waals surface area contributed by atoms with Crippen molar-refractivity contribution < 1.29 is 53.1 Å². The van der Waals surface area contributed by atoms with Gasteiger partial charge in [-0.2, -0.15) is 0 Å². The van der Waals surface area contributed by atoms with E-state index in [1.165, 1.54) is 45.6 Å². The van der Waals surface area contributed by atoms with Gasteiger partial charge in [-0.3, -0.25) is 33.5 Å². The molecule has 0 spiro atoms. The maximum Gasteiger partial charge on any atom is 0.330 e. The van der Waals surface area contributed by atoms with Crippen molar-refractivity contribution >= 4 is 23.7 Å². The molecule has 0 saturated carbocycles. The quantitative estimate of drug-likeness (QED) is 0.0753. The van der Waals surface area contributed by atoms with Crippen LogP contribution in [0.3, 0.4) is 0 Å². The van der Waals surface area contributed by atoms with Gasteiger partial charge in [-0.1, -0.05) is 71.1 Å². The molecule has 0 aromatic carbocycles. The highest BCUT2D eigenvalue weighted by atomic mass is 16.7. The standard InChI is InChI=1S/C38H59N5O13/c1-4-5-6-7-8-9-10-11-12-13-14-18-27(46)54-32-29(52-3)30(55-36(32)43-20-19-26(45)42-38(43)51)31(33(39)48)56-37-28(47)24(44)21-25(53-37)35(50)41-23-17-15-16-22(2)40-34(23)49/h19-24,28-32,36-37,44,47H,4-18H2,1-3H3,(H2,39,48)(H,40,49)(H,41,50)(H,42,45,51)/t22-,23+,24-,28-,29-,30+,31-,32-,36-,37+/m1/s1. The molecule has 10 atom stereocenters. The maximum atomic E-state index is 13.2. The number of hydrogen-bond donors (Lipinski definition) is 6. The van der Waals surface area contributed by atoms with E-state index in [0.717, 1.165) is 55.0 Å². The lowest BCUT2D eigenvalue weighted by Gasteiger charge is -2.35. The summed E-state index contributed by atoms with van der Waals surface area (Å²) in [5.74, 6) is -3.56. The zero-order valence-corrected chi connectivity index (χ0v) is 32.5. The number of nitrogens with two attached hydrogens (primary N) is 1. The van der Waals surface area contributed by atoms with Gasteiger partial charge in [0, 0.05) is 31.8 Å². The molecule has 0 radical (unpaired) electrons. The van der Waals surface area contributed by atoms with Gasteiger partial charge >= 0.3 is 11.7 Å². The van der Waals surface area contributed by atoms with Crippen LogP contribution in [-0.2, 0) is 42.9 Å². The van der Waals surface area contributed by atoms with E-state index in [0.29, 0.717) is 19.3 Å². The Morgan fingerprint density at radius 3 is 2.29 bits per heavy atom. The minimum absolute atomic E-state index is 0.0519. The highest BCUT2D eigenvalue weighted by Crippen LogP contribution is 2.36. The van der Waals surface area contributed by atoms with Crippen molar-refractivity contribution in [1.82, 2.24) is 20.2 Å². The van der Waals surface area contributed by atoms with E-state index >= 15 is 0 Å². The minimum atomic E-state index is -1.88. The van der Waals surface area contributed by atoms with E-state index in [4.69, 9.17) is 29.4 Å². The summed E-state index contributed by atoms with van der Waals surface area (Å²) in [4.78, 5) is 78.9. The van der Waals surface area contributed by atoms with Crippen LogP contribution >= 0.6 is 0 Å². The molecular formula is C38H59N5O13. The van der Waals surface area contributed by atoms with Crippen LogP contribution < -0.4 is 27.6 Å². The second-order valence-corrected chi connectivity index (χ2v) is 14.8. The first-order valence-electron chi connectivity index (χ1n) is 19.8. The van der Waals surface area contributed by atoms with Crippen molar-refractivity contribution in [2.45, 2.75) is 171 Å². The Morgan fingerprint density at radius 2 is 1.66 bits per heavy atom. The van der Waals surface area contributed by atoms with Crippen LogP contribution in [0.5, 0.6) is 0 Å². The van der Waals surface area contributed by atoms with Gasteiger partial charge in [0.25, 0.3) is 11.5 Å². The van der Waals surface area contributed by atoms with E-state index in [1.807, 2.05) is 6.92 Å². The number of aromatic nitrogens is 2. The Bertz CT molecular complexity index is 1610. The zero-order chi connectivity index (χ0) is 40.8. The predicted octanol–water partition coefficient (Wildman–Crippen LogP) is 1.07. The first-order chi connectivity index (χ1) is 26.8. The van der Waals surface area contributed by atoms with Gasteiger partial charge in [-0.15, -0.1) is 0 Å². The molecule has 0 aliphatic carbocycles. The summed E-state index contributed by atoms with van der Waals surface area (Å²) >= 11 is 0. The number of nitrogens with one attached hydrogen (secondary N) is 3. The van der Waals surface area contributed by atoms with Crippen molar-refractivity contribution in [3.05, 3.63) is 44.9 Å². The summed E-state index contributed by atoms with van der Waals surface area (Å²) in [5, 5.41) is 26.8. The molecule has 4 heterocycles. The van der Waals surface area contributed by atoms with Crippen LogP contribution in [0.25, 0.3) is 0 Å². The van der Waals surface area contributed by atoms with Gasteiger partial charge in [0.05, 0.1) is 0 Å². The molecule has 3 aliphatic heterocycles. The molecular weight excluding hydrogens is 734 g/mol. The van der Waals surface area contributed by atoms with Gasteiger partial charge in [0.2, 0.25) is 18.1 Å². The minimum Gasteiger partial charge on any atom is -0.456 e. The molecule has 2 fully saturated rings. The Morgan fingerprint density at radius 1 is 1.00 bits per heavy atom. The number of primary amides is 1. The highest BCUT2D eigenvalue weighted by Gasteiger charge is 2.54. The fourth-order valence-corrected chi connectivity index (χ4v) is 7.18. The van der Waals surface area contributed by atoms with E-state index in [9.17, 15) is 39.0 Å². The number of unbranched alkanes of at least 4 members (excludes halogenated alkanes) is 10. The smallest absolute Gasteiger partial charge is 0.330 e. The molecule has 1 aromatic heterocycles. The lowest BCUT2D eigenvalue weighted by atomic mass is 10.0. The Labute approximate surface area is 325 Å². The van der Waals surface area contributed by atoms with E-state index in [1.54, 1.807) is 0 Å². The molecule has 2 saturated heterocycles. The molecule has 314 valence electrons. The lowest BCUT2D eigenvalue weighted by Crippen LogP contribution is -2.54. The molecule has 18 heteroatoms. The van der Waals surface area contributed by atoms with Crippen molar-refractivity contribution in [1.29, 1.82) is 0 Å². The first-order valence-corrected chi connectivity index (χ1v) is 19.8. The number of aliphatic hydroxyl groups is 2. The summed E-state index contributed by atoms with van der Waals surface area (Å²) in [6.45, 7) is 4.04. The number of ether oxygens (including phenoxy) is 5. The molecule has 3 aliphatic rings. The Hall–Kier alpha value is -4.10. The van der Waals surface area contributed by atoms with E-state index < -0.39 is 95.9 Å². The molecule has 56 heavy (non-hydrogen) atoms. The Balaban J connectivity index is 1.44. The number of nitrogens with zero attached hydrogens (tertiary/aromatic N) is 1. The number of aromatic amines is 1. The summed E-state index contributed by atoms with van der Waals surface area (Å²) in [6, 6.07) is 0.0807. The van der Waals surface area contributed by atoms with Crippen LogP contribution in [0.15, 0.2) is 33.7 Å². The molecule has 1 aromatic rings. The number of aliphatic hydroxyl groups excluding tert-OH is 2. The predicted molar refractivity (Wildman–Crippen MR) is 199 cm³/mol. The van der Waals surface area contributed by atoms with Crippen LogP contribution in [-0.4, -0.2) is 106 Å². The third-order valence-corrected chi connectivity index (χ3v) is 10.3. The van der Waals surface area contributed by atoms with Crippen LogP contribution in [0.4, 0.5) is 0 Å². The third kappa shape index (κ3) is 12.4. The first kappa shape index (κ1) is 44.6. The van der Waals surface area contributed by atoms with Gasteiger partial charge in [-0.25, -0.2) is 4.79 Å². The number of amides is 3. The second kappa shape index (κ2) is 22.0.